The smallest absolute Gasteiger partial charge is 0.325 e. The van der Waals surface area contributed by atoms with Crippen molar-refractivity contribution in [2.75, 3.05) is 6.61 Å². The molecule has 1 aromatic heterocycles. The normalized spacial score (nSPS) is 10.8. The molecule has 0 bridgehead atoms. The zero-order chi connectivity index (χ0) is 17.5. The van der Waals surface area contributed by atoms with E-state index in [2.05, 4.69) is 20.5 Å². The van der Waals surface area contributed by atoms with Gasteiger partial charge in [-0.25, -0.2) is 10.2 Å². The van der Waals surface area contributed by atoms with Crippen molar-refractivity contribution in [2.45, 2.75) is 20.3 Å². The highest BCUT2D eigenvalue weighted by Crippen LogP contribution is 2.11. The van der Waals surface area contributed by atoms with Gasteiger partial charge in [-0.15, -0.1) is 0 Å². The summed E-state index contributed by atoms with van der Waals surface area (Å²) in [4.78, 5) is 39.2. The van der Waals surface area contributed by atoms with Crippen molar-refractivity contribution in [3.05, 3.63) is 61.9 Å². The van der Waals surface area contributed by atoms with Gasteiger partial charge in [0.15, 0.2) is 0 Å². The van der Waals surface area contributed by atoms with Crippen molar-refractivity contribution in [1.29, 1.82) is 0 Å². The van der Waals surface area contributed by atoms with Gasteiger partial charge in [-0.1, -0.05) is 12.1 Å². The third-order valence-electron chi connectivity index (χ3n) is 3.16. The van der Waals surface area contributed by atoms with Crippen LogP contribution < -0.4 is 21.4 Å². The van der Waals surface area contributed by atoms with Crippen LogP contribution >= 0.6 is 0 Å². The van der Waals surface area contributed by atoms with Gasteiger partial charge in [-0.2, -0.15) is 5.10 Å². The van der Waals surface area contributed by atoms with Crippen LogP contribution in [0.5, 0.6) is 5.75 Å². The summed E-state index contributed by atoms with van der Waals surface area (Å²) in [6, 6.07) is 7.24. The van der Waals surface area contributed by atoms with Crippen LogP contribution in [0.25, 0.3) is 0 Å². The largest absolute Gasteiger partial charge is 0.494 e. The van der Waals surface area contributed by atoms with E-state index in [9.17, 15) is 14.4 Å². The predicted molar refractivity (Wildman–Crippen MR) is 89.5 cm³/mol. The summed E-state index contributed by atoms with van der Waals surface area (Å²) in [5.74, 6) is 0.246. The van der Waals surface area contributed by atoms with Crippen molar-refractivity contribution in [3.8, 4) is 5.75 Å². The highest BCUT2D eigenvalue weighted by atomic mass is 16.5. The number of rotatable bonds is 6. The average molecular weight is 330 g/mol. The number of hydrogen-bond donors (Lipinski definition) is 3. The maximum absolute atomic E-state index is 11.9. The second-order valence-corrected chi connectivity index (χ2v) is 4.99. The van der Waals surface area contributed by atoms with E-state index in [0.717, 1.165) is 5.56 Å². The van der Waals surface area contributed by atoms with Crippen molar-refractivity contribution in [3.63, 3.8) is 0 Å². The van der Waals surface area contributed by atoms with Gasteiger partial charge < -0.3 is 9.72 Å². The van der Waals surface area contributed by atoms with Crippen molar-refractivity contribution in [2.24, 2.45) is 5.10 Å². The van der Waals surface area contributed by atoms with E-state index in [0.29, 0.717) is 18.1 Å². The molecule has 1 amide bonds. The number of aromatic amines is 2. The molecule has 8 heteroatoms. The topological polar surface area (TPSA) is 116 Å². The Morgan fingerprint density at radius 3 is 2.83 bits per heavy atom. The monoisotopic (exact) mass is 330 g/mol. The van der Waals surface area contributed by atoms with Crippen LogP contribution in [-0.4, -0.2) is 28.7 Å². The molecule has 0 radical (unpaired) electrons. The molecule has 2 aromatic rings. The van der Waals surface area contributed by atoms with Crippen LogP contribution in [0.4, 0.5) is 0 Å². The fourth-order valence-electron chi connectivity index (χ4n) is 2.07. The van der Waals surface area contributed by atoms with Crippen LogP contribution in [0.15, 0.2) is 39.0 Å². The molecule has 0 aliphatic rings. The number of ether oxygens (including phenoxy) is 1. The summed E-state index contributed by atoms with van der Waals surface area (Å²) < 4.78 is 5.37. The summed E-state index contributed by atoms with van der Waals surface area (Å²) in [7, 11) is 0. The Bertz CT molecular complexity index is 867. The Balaban J connectivity index is 2.00. The van der Waals surface area contributed by atoms with Crippen molar-refractivity contribution >= 4 is 12.1 Å². The molecule has 0 saturated carbocycles. The number of hydrogen-bond acceptors (Lipinski definition) is 5. The summed E-state index contributed by atoms with van der Waals surface area (Å²) in [5, 5.41) is 3.85. The quantitative estimate of drug-likeness (QED) is 0.527. The standard InChI is InChI=1S/C16H18N4O4/c1-3-24-12-6-4-5-11(7-12)9-17-20-14(21)8-13-10(2)18-16(23)19-15(13)22/h4-7,9H,3,8H2,1-2H3,(H,20,21)(H2,18,19,22,23)/b17-9-. The van der Waals surface area contributed by atoms with Gasteiger partial charge in [0, 0.05) is 11.3 Å². The lowest BCUT2D eigenvalue weighted by atomic mass is 10.1. The first-order valence-electron chi connectivity index (χ1n) is 7.36. The number of nitrogens with zero attached hydrogens (tertiary/aromatic N) is 1. The van der Waals surface area contributed by atoms with E-state index in [-0.39, 0.29) is 12.0 Å². The fourth-order valence-corrected chi connectivity index (χ4v) is 2.07. The number of aromatic nitrogens is 2. The molecule has 0 fully saturated rings. The highest BCUT2D eigenvalue weighted by Gasteiger charge is 2.10. The highest BCUT2D eigenvalue weighted by molar-refractivity contribution is 5.83. The molecule has 2 rings (SSSR count). The van der Waals surface area contributed by atoms with E-state index in [1.54, 1.807) is 13.0 Å². The zero-order valence-electron chi connectivity index (χ0n) is 13.4. The minimum atomic E-state index is -0.603. The lowest BCUT2D eigenvalue weighted by Crippen LogP contribution is -2.30. The number of H-pyrrole nitrogens is 2. The van der Waals surface area contributed by atoms with E-state index < -0.39 is 17.2 Å². The number of amides is 1. The molecule has 0 spiro atoms. The minimum Gasteiger partial charge on any atom is -0.494 e. The first-order valence-corrected chi connectivity index (χ1v) is 7.36. The molecule has 0 saturated heterocycles. The fraction of sp³-hybridized carbons (Fsp3) is 0.250. The SMILES string of the molecule is CCOc1cccc(/C=N\NC(=O)Cc2c(C)[nH]c(=O)[nH]c2=O)c1. The Morgan fingerprint density at radius 2 is 2.12 bits per heavy atom. The lowest BCUT2D eigenvalue weighted by molar-refractivity contribution is -0.120. The summed E-state index contributed by atoms with van der Waals surface area (Å²) >= 11 is 0. The van der Waals surface area contributed by atoms with Crippen molar-refractivity contribution in [1.82, 2.24) is 15.4 Å². The Morgan fingerprint density at radius 1 is 1.33 bits per heavy atom. The first kappa shape index (κ1) is 17.2. The number of carbonyl (C=O) groups is 1. The second kappa shape index (κ2) is 7.91. The van der Waals surface area contributed by atoms with E-state index in [4.69, 9.17) is 4.74 Å². The van der Waals surface area contributed by atoms with Gasteiger partial charge in [0.25, 0.3) is 5.56 Å². The Kier molecular flexibility index (Phi) is 5.67. The molecule has 0 unspecified atom stereocenters. The van der Waals surface area contributed by atoms with Crippen LogP contribution in [-0.2, 0) is 11.2 Å². The molecule has 1 aromatic carbocycles. The van der Waals surface area contributed by atoms with Crippen LogP contribution in [0, 0.1) is 6.92 Å². The molecule has 8 nitrogen and oxygen atoms in total. The maximum Gasteiger partial charge on any atom is 0.325 e. The number of nitrogens with one attached hydrogen (secondary N) is 3. The first-order chi connectivity index (χ1) is 11.5. The third kappa shape index (κ3) is 4.67. The van der Waals surface area contributed by atoms with Crippen LogP contribution in [0.2, 0.25) is 0 Å². The maximum atomic E-state index is 11.9. The Labute approximate surface area is 137 Å². The Hall–Kier alpha value is -3.16. The van der Waals surface area contributed by atoms with Crippen LogP contribution in [0.3, 0.4) is 0 Å². The molecule has 24 heavy (non-hydrogen) atoms. The van der Waals surface area contributed by atoms with E-state index >= 15 is 0 Å². The molecular weight excluding hydrogens is 312 g/mol. The molecule has 1 heterocycles. The van der Waals surface area contributed by atoms with Gasteiger partial charge >= 0.3 is 5.69 Å². The number of hydrazone groups is 1. The van der Waals surface area contributed by atoms with Crippen LogP contribution in [0.1, 0.15) is 23.7 Å². The molecule has 3 N–H and O–H groups in total. The predicted octanol–water partition coefficient (Wildman–Crippen LogP) is 0.463. The summed E-state index contributed by atoms with van der Waals surface area (Å²) in [5.41, 5.74) is 2.47. The number of carbonyl (C=O) groups excluding carboxylic acids is 1. The summed E-state index contributed by atoms with van der Waals surface area (Å²) in [6.07, 6.45) is 1.29. The lowest BCUT2D eigenvalue weighted by Gasteiger charge is -2.04. The number of benzene rings is 1. The zero-order valence-corrected chi connectivity index (χ0v) is 13.4. The van der Waals surface area contributed by atoms with Gasteiger partial charge in [0.1, 0.15) is 5.75 Å². The third-order valence-corrected chi connectivity index (χ3v) is 3.16. The van der Waals surface area contributed by atoms with E-state index in [1.807, 2.05) is 25.1 Å². The number of aryl methyl sites for hydroxylation is 1. The molecular formula is C16H18N4O4. The summed E-state index contributed by atoms with van der Waals surface area (Å²) in [6.45, 7) is 4.01. The molecule has 0 aliphatic heterocycles. The minimum absolute atomic E-state index is 0.186. The second-order valence-electron chi connectivity index (χ2n) is 4.99. The van der Waals surface area contributed by atoms with Gasteiger partial charge in [-0.3, -0.25) is 14.6 Å². The van der Waals surface area contributed by atoms with Crippen molar-refractivity contribution < 1.29 is 9.53 Å². The van der Waals surface area contributed by atoms with Gasteiger partial charge in [-0.05, 0) is 31.5 Å². The average Bonchev–Trinajstić information content (AvgIpc) is 2.51. The van der Waals surface area contributed by atoms with Gasteiger partial charge in [0.05, 0.1) is 19.2 Å². The molecule has 0 atom stereocenters. The van der Waals surface area contributed by atoms with Gasteiger partial charge in [0.2, 0.25) is 5.91 Å². The molecule has 126 valence electrons. The van der Waals surface area contributed by atoms with E-state index in [1.165, 1.54) is 6.21 Å². The molecule has 0 aliphatic carbocycles.